The summed E-state index contributed by atoms with van der Waals surface area (Å²) in [5, 5.41) is 3.53. The molecule has 1 aliphatic heterocycles. The Morgan fingerprint density at radius 2 is 2.05 bits per heavy atom. The molecule has 0 bridgehead atoms. The predicted octanol–water partition coefficient (Wildman–Crippen LogP) is 2.85. The number of aryl methyl sites for hydroxylation is 1. The number of carbonyl (C=O) groups is 1. The Labute approximate surface area is 122 Å². The molecule has 1 aromatic carbocycles. The molecule has 0 radical (unpaired) electrons. The first kappa shape index (κ1) is 15.0. The second-order valence-corrected chi connectivity index (χ2v) is 5.59. The Morgan fingerprint density at radius 1 is 1.30 bits per heavy atom. The first-order chi connectivity index (χ1) is 9.74. The molecule has 1 saturated heterocycles. The van der Waals surface area contributed by atoms with Crippen LogP contribution in [0.5, 0.6) is 0 Å². The van der Waals surface area contributed by atoms with Crippen LogP contribution in [-0.2, 0) is 6.42 Å². The number of hydrogen-bond acceptors (Lipinski definition) is 2. The van der Waals surface area contributed by atoms with Crippen molar-refractivity contribution in [2.45, 2.75) is 45.6 Å². The Bertz CT molecular complexity index is 427. The summed E-state index contributed by atoms with van der Waals surface area (Å²) in [6.07, 6.45) is 4.43. The van der Waals surface area contributed by atoms with Gasteiger partial charge in [0.05, 0.1) is 0 Å². The van der Waals surface area contributed by atoms with Gasteiger partial charge in [0.25, 0.3) is 5.91 Å². The van der Waals surface area contributed by atoms with Crippen molar-refractivity contribution in [1.29, 1.82) is 0 Å². The first-order valence-corrected chi connectivity index (χ1v) is 7.86. The van der Waals surface area contributed by atoms with Crippen LogP contribution in [-0.4, -0.2) is 36.5 Å². The highest BCUT2D eigenvalue weighted by molar-refractivity contribution is 5.94. The van der Waals surface area contributed by atoms with E-state index in [0.29, 0.717) is 6.04 Å². The molecule has 0 aliphatic carbocycles. The van der Waals surface area contributed by atoms with E-state index in [-0.39, 0.29) is 5.91 Å². The first-order valence-electron chi connectivity index (χ1n) is 7.86. The van der Waals surface area contributed by atoms with Gasteiger partial charge >= 0.3 is 0 Å². The molecule has 1 unspecified atom stereocenters. The zero-order valence-corrected chi connectivity index (χ0v) is 12.7. The monoisotopic (exact) mass is 274 g/mol. The number of likely N-dealkylation sites (tertiary alicyclic amines) is 1. The quantitative estimate of drug-likeness (QED) is 0.895. The van der Waals surface area contributed by atoms with E-state index in [1.54, 1.807) is 0 Å². The lowest BCUT2D eigenvalue weighted by atomic mass is 10.0. The number of amides is 1. The van der Waals surface area contributed by atoms with Gasteiger partial charge in [0.2, 0.25) is 0 Å². The van der Waals surface area contributed by atoms with E-state index in [2.05, 4.69) is 31.3 Å². The van der Waals surface area contributed by atoms with Gasteiger partial charge in [-0.25, -0.2) is 0 Å². The minimum Gasteiger partial charge on any atom is -0.337 e. The highest BCUT2D eigenvalue weighted by atomic mass is 16.2. The average molecular weight is 274 g/mol. The third kappa shape index (κ3) is 3.83. The molecule has 1 aromatic rings. The van der Waals surface area contributed by atoms with E-state index < -0.39 is 0 Å². The van der Waals surface area contributed by atoms with E-state index in [4.69, 9.17) is 0 Å². The van der Waals surface area contributed by atoms with Crippen molar-refractivity contribution in [2.75, 3.05) is 19.6 Å². The van der Waals surface area contributed by atoms with Crippen molar-refractivity contribution in [2.24, 2.45) is 0 Å². The minimum absolute atomic E-state index is 0.177. The lowest BCUT2D eigenvalue weighted by Gasteiger charge is -2.33. The Balaban J connectivity index is 1.96. The van der Waals surface area contributed by atoms with E-state index in [9.17, 15) is 4.79 Å². The zero-order chi connectivity index (χ0) is 14.4. The van der Waals surface area contributed by atoms with Crippen molar-refractivity contribution in [3.63, 3.8) is 0 Å². The van der Waals surface area contributed by atoms with Crippen LogP contribution in [0.1, 0.15) is 49.0 Å². The Kier molecular flexibility index (Phi) is 5.60. The summed E-state index contributed by atoms with van der Waals surface area (Å²) >= 11 is 0. The topological polar surface area (TPSA) is 32.3 Å². The van der Waals surface area contributed by atoms with E-state index in [1.807, 2.05) is 17.0 Å². The van der Waals surface area contributed by atoms with E-state index >= 15 is 0 Å². The molecule has 110 valence electrons. The van der Waals surface area contributed by atoms with Crippen LogP contribution >= 0.6 is 0 Å². The molecule has 1 amide bonds. The molecule has 1 N–H and O–H groups in total. The molecule has 0 spiro atoms. The Morgan fingerprint density at radius 3 is 2.70 bits per heavy atom. The molecule has 1 fully saturated rings. The number of rotatable bonds is 5. The average Bonchev–Trinajstić information content (AvgIpc) is 2.52. The van der Waals surface area contributed by atoms with Gasteiger partial charge in [-0.1, -0.05) is 26.0 Å². The molecule has 20 heavy (non-hydrogen) atoms. The van der Waals surface area contributed by atoms with Crippen LogP contribution in [0.3, 0.4) is 0 Å². The highest BCUT2D eigenvalue weighted by Gasteiger charge is 2.23. The maximum absolute atomic E-state index is 12.5. The summed E-state index contributed by atoms with van der Waals surface area (Å²) in [5.41, 5.74) is 2.10. The summed E-state index contributed by atoms with van der Waals surface area (Å²) < 4.78 is 0. The molecule has 1 aliphatic rings. The number of carbonyl (C=O) groups excluding carboxylic acids is 1. The van der Waals surface area contributed by atoms with Crippen LogP contribution in [0.2, 0.25) is 0 Å². The molecule has 3 nitrogen and oxygen atoms in total. The Hall–Kier alpha value is -1.35. The summed E-state index contributed by atoms with van der Waals surface area (Å²) in [4.78, 5) is 14.5. The van der Waals surface area contributed by atoms with Gasteiger partial charge < -0.3 is 10.2 Å². The van der Waals surface area contributed by atoms with Crippen molar-refractivity contribution in [3.8, 4) is 0 Å². The zero-order valence-electron chi connectivity index (χ0n) is 12.7. The summed E-state index contributed by atoms with van der Waals surface area (Å²) in [5.74, 6) is 0.177. The van der Waals surface area contributed by atoms with Gasteiger partial charge in [-0.05, 0) is 49.9 Å². The van der Waals surface area contributed by atoms with Crippen LogP contribution in [0.25, 0.3) is 0 Å². The normalized spacial score (nSPS) is 19.1. The second kappa shape index (κ2) is 7.44. The molecule has 2 rings (SSSR count). The molecule has 3 heteroatoms. The van der Waals surface area contributed by atoms with Crippen molar-refractivity contribution >= 4 is 5.91 Å². The standard InChI is InChI=1S/C17H26N2O/c1-3-11-18-16-6-5-12-19(13-16)17(20)15-9-7-14(4-2)8-10-15/h7-10,16,18H,3-6,11-13H2,1-2H3. The smallest absolute Gasteiger partial charge is 0.253 e. The van der Waals surface area contributed by atoms with Crippen LogP contribution in [0.15, 0.2) is 24.3 Å². The number of benzene rings is 1. The second-order valence-electron chi connectivity index (χ2n) is 5.59. The van der Waals surface area contributed by atoms with Gasteiger partial charge in [-0.2, -0.15) is 0 Å². The number of piperidine rings is 1. The molecular weight excluding hydrogens is 248 g/mol. The third-order valence-corrected chi connectivity index (χ3v) is 4.00. The van der Waals surface area contributed by atoms with E-state index in [1.165, 1.54) is 12.0 Å². The van der Waals surface area contributed by atoms with Gasteiger partial charge in [0.15, 0.2) is 0 Å². The molecule has 0 saturated carbocycles. The fraction of sp³-hybridized carbons (Fsp3) is 0.588. The van der Waals surface area contributed by atoms with Crippen molar-refractivity contribution in [1.82, 2.24) is 10.2 Å². The SMILES string of the molecule is CCCNC1CCCN(C(=O)c2ccc(CC)cc2)C1. The highest BCUT2D eigenvalue weighted by Crippen LogP contribution is 2.15. The molecule has 1 heterocycles. The van der Waals surface area contributed by atoms with Crippen LogP contribution in [0, 0.1) is 0 Å². The number of hydrogen-bond donors (Lipinski definition) is 1. The van der Waals surface area contributed by atoms with Crippen molar-refractivity contribution < 1.29 is 4.79 Å². The maximum atomic E-state index is 12.5. The van der Waals surface area contributed by atoms with Gasteiger partial charge in [0, 0.05) is 24.7 Å². The van der Waals surface area contributed by atoms with Gasteiger partial charge in [-0.15, -0.1) is 0 Å². The third-order valence-electron chi connectivity index (χ3n) is 4.00. The molecule has 1 atom stereocenters. The summed E-state index contributed by atoms with van der Waals surface area (Å²) in [7, 11) is 0. The molecular formula is C17H26N2O. The van der Waals surface area contributed by atoms with E-state index in [0.717, 1.165) is 44.5 Å². The number of nitrogens with zero attached hydrogens (tertiary/aromatic N) is 1. The molecule has 0 aromatic heterocycles. The van der Waals surface area contributed by atoms with Crippen molar-refractivity contribution in [3.05, 3.63) is 35.4 Å². The fourth-order valence-corrected chi connectivity index (χ4v) is 2.74. The lowest BCUT2D eigenvalue weighted by molar-refractivity contribution is 0.0695. The van der Waals surface area contributed by atoms with Gasteiger partial charge in [0.1, 0.15) is 0 Å². The maximum Gasteiger partial charge on any atom is 0.253 e. The van der Waals surface area contributed by atoms with Crippen LogP contribution < -0.4 is 5.32 Å². The largest absolute Gasteiger partial charge is 0.337 e. The predicted molar refractivity (Wildman–Crippen MR) is 83.0 cm³/mol. The number of nitrogens with one attached hydrogen (secondary N) is 1. The van der Waals surface area contributed by atoms with Crippen LogP contribution in [0.4, 0.5) is 0 Å². The van der Waals surface area contributed by atoms with Gasteiger partial charge in [-0.3, -0.25) is 4.79 Å². The minimum atomic E-state index is 0.177. The fourth-order valence-electron chi connectivity index (χ4n) is 2.74. The summed E-state index contributed by atoms with van der Waals surface area (Å²) in [6, 6.07) is 8.50. The summed E-state index contributed by atoms with van der Waals surface area (Å²) in [6.45, 7) is 7.07. The lowest BCUT2D eigenvalue weighted by Crippen LogP contribution is -2.48.